The van der Waals surface area contributed by atoms with Gasteiger partial charge in [-0.15, -0.1) is 0 Å². The lowest BCUT2D eigenvalue weighted by molar-refractivity contribution is -0.121. The minimum atomic E-state index is 0.00389. The van der Waals surface area contributed by atoms with Gasteiger partial charge in [0, 0.05) is 13.0 Å². The van der Waals surface area contributed by atoms with Crippen LogP contribution in [-0.4, -0.2) is 52.8 Å². The number of carbonyl (C=O) groups is 1. The number of nitrogens with zero attached hydrogens (tertiary/aromatic N) is 1. The zero-order chi connectivity index (χ0) is 16.7. The average Bonchev–Trinajstić information content (AvgIpc) is 2.53. The van der Waals surface area contributed by atoms with Crippen LogP contribution in [0, 0.1) is 0 Å². The van der Waals surface area contributed by atoms with Crippen molar-refractivity contribution in [3.05, 3.63) is 17.7 Å². The fraction of sp³-hybridized carbons (Fsp3) is 0.562. The van der Waals surface area contributed by atoms with Gasteiger partial charge in [-0.05, 0) is 31.8 Å². The van der Waals surface area contributed by atoms with E-state index in [1.807, 2.05) is 38.1 Å². The van der Waals surface area contributed by atoms with E-state index in [4.69, 9.17) is 14.2 Å². The molecular formula is C16H26N2O4. The first kappa shape index (κ1) is 18.1. The predicted molar refractivity (Wildman–Crippen MR) is 85.8 cm³/mol. The zero-order valence-corrected chi connectivity index (χ0v) is 14.2. The van der Waals surface area contributed by atoms with Gasteiger partial charge in [0.15, 0.2) is 11.5 Å². The van der Waals surface area contributed by atoms with Gasteiger partial charge in [-0.25, -0.2) is 0 Å². The van der Waals surface area contributed by atoms with Gasteiger partial charge < -0.3 is 24.4 Å². The Labute approximate surface area is 132 Å². The van der Waals surface area contributed by atoms with Crippen molar-refractivity contribution in [3.63, 3.8) is 0 Å². The molecule has 0 aliphatic carbocycles. The number of hydrogen-bond donors (Lipinski definition) is 1. The van der Waals surface area contributed by atoms with E-state index in [1.54, 1.807) is 21.3 Å². The summed E-state index contributed by atoms with van der Waals surface area (Å²) < 4.78 is 16.1. The number of hydrogen-bond acceptors (Lipinski definition) is 5. The van der Waals surface area contributed by atoms with Crippen LogP contribution in [0.25, 0.3) is 0 Å². The smallest absolute Gasteiger partial charge is 0.219 e. The molecule has 0 radical (unpaired) electrons. The van der Waals surface area contributed by atoms with Crippen molar-refractivity contribution in [1.82, 2.24) is 10.2 Å². The van der Waals surface area contributed by atoms with Gasteiger partial charge in [0.2, 0.25) is 11.7 Å². The van der Waals surface area contributed by atoms with E-state index in [9.17, 15) is 4.79 Å². The van der Waals surface area contributed by atoms with Crippen LogP contribution in [0.5, 0.6) is 17.2 Å². The van der Waals surface area contributed by atoms with Crippen LogP contribution in [0.3, 0.4) is 0 Å². The molecule has 0 fully saturated rings. The Morgan fingerprint density at radius 1 is 1.14 bits per heavy atom. The molecular weight excluding hydrogens is 284 g/mol. The van der Waals surface area contributed by atoms with Gasteiger partial charge in [0.1, 0.15) is 0 Å². The van der Waals surface area contributed by atoms with Crippen LogP contribution in [0.15, 0.2) is 12.1 Å². The van der Waals surface area contributed by atoms with Gasteiger partial charge in [-0.1, -0.05) is 6.92 Å². The summed E-state index contributed by atoms with van der Waals surface area (Å²) in [5, 5.41) is 2.92. The molecule has 6 nitrogen and oxygen atoms in total. The summed E-state index contributed by atoms with van der Waals surface area (Å²) in [5.41, 5.74) is 0.982. The number of methoxy groups -OCH3 is 3. The largest absolute Gasteiger partial charge is 0.493 e. The topological polar surface area (TPSA) is 60.0 Å². The second kappa shape index (κ2) is 8.48. The molecule has 0 spiro atoms. The van der Waals surface area contributed by atoms with Crippen LogP contribution >= 0.6 is 0 Å². The van der Waals surface area contributed by atoms with Crippen molar-refractivity contribution in [2.24, 2.45) is 0 Å². The number of amides is 1. The van der Waals surface area contributed by atoms with Crippen LogP contribution in [-0.2, 0) is 4.79 Å². The first-order chi connectivity index (χ1) is 10.5. The molecule has 0 saturated heterocycles. The quantitative estimate of drug-likeness (QED) is 0.794. The summed E-state index contributed by atoms with van der Waals surface area (Å²) in [5.74, 6) is 1.79. The number of benzene rings is 1. The van der Waals surface area contributed by atoms with Gasteiger partial charge >= 0.3 is 0 Å². The lowest BCUT2D eigenvalue weighted by Crippen LogP contribution is -2.34. The Kier molecular flexibility index (Phi) is 6.98. The molecule has 1 atom stereocenters. The third-order valence-electron chi connectivity index (χ3n) is 3.51. The third-order valence-corrected chi connectivity index (χ3v) is 3.51. The maximum atomic E-state index is 11.5. The van der Waals surface area contributed by atoms with Crippen molar-refractivity contribution >= 4 is 5.91 Å². The Hall–Kier alpha value is -1.95. The number of ether oxygens (including phenoxy) is 3. The van der Waals surface area contributed by atoms with E-state index in [2.05, 4.69) is 5.32 Å². The Balaban J connectivity index is 3.16. The average molecular weight is 310 g/mol. The van der Waals surface area contributed by atoms with Crippen LogP contribution in [0.2, 0.25) is 0 Å². The second-order valence-electron chi connectivity index (χ2n) is 5.10. The van der Waals surface area contributed by atoms with Gasteiger partial charge in [-0.3, -0.25) is 4.79 Å². The number of carbonyl (C=O) groups excluding carboxylic acids is 1. The van der Waals surface area contributed by atoms with Gasteiger partial charge in [0.05, 0.1) is 27.4 Å². The molecule has 6 heteroatoms. The monoisotopic (exact) mass is 310 g/mol. The molecule has 124 valence electrons. The fourth-order valence-electron chi connectivity index (χ4n) is 2.23. The Morgan fingerprint density at radius 3 is 2.05 bits per heavy atom. The van der Waals surface area contributed by atoms with E-state index in [0.717, 1.165) is 5.56 Å². The Bertz CT molecular complexity index is 478. The molecule has 0 aromatic heterocycles. The molecule has 1 amide bonds. The predicted octanol–water partition coefficient (Wildman–Crippen LogP) is 1.84. The van der Waals surface area contributed by atoms with Crippen molar-refractivity contribution < 1.29 is 19.0 Å². The molecule has 1 rings (SSSR count). The van der Waals surface area contributed by atoms with Gasteiger partial charge in [0.25, 0.3) is 0 Å². The standard InChI is InChI=1S/C16H26N2O4/c1-7-15(19)17-10-12(18(2)3)11-8-13(20-4)16(22-6)14(9-11)21-5/h8-9,12H,7,10H2,1-6H3,(H,17,19). The van der Waals surface area contributed by atoms with Crippen molar-refractivity contribution in [2.75, 3.05) is 42.0 Å². The summed E-state index contributed by atoms with van der Waals surface area (Å²) in [4.78, 5) is 13.6. The fourth-order valence-corrected chi connectivity index (χ4v) is 2.23. The van der Waals surface area contributed by atoms with Crippen LogP contribution in [0.1, 0.15) is 24.9 Å². The minimum Gasteiger partial charge on any atom is -0.493 e. The molecule has 22 heavy (non-hydrogen) atoms. The van der Waals surface area contributed by atoms with E-state index in [1.165, 1.54) is 0 Å². The highest BCUT2D eigenvalue weighted by molar-refractivity contribution is 5.75. The summed E-state index contributed by atoms with van der Waals surface area (Å²) in [6.07, 6.45) is 0.468. The molecule has 0 aliphatic heterocycles. The SMILES string of the molecule is CCC(=O)NCC(c1cc(OC)c(OC)c(OC)c1)N(C)C. The first-order valence-electron chi connectivity index (χ1n) is 7.21. The van der Waals surface area contributed by atoms with Crippen LogP contribution < -0.4 is 19.5 Å². The maximum absolute atomic E-state index is 11.5. The van der Waals surface area contributed by atoms with Crippen molar-refractivity contribution in [3.8, 4) is 17.2 Å². The summed E-state index contributed by atoms with van der Waals surface area (Å²) in [7, 11) is 8.68. The summed E-state index contributed by atoms with van der Waals surface area (Å²) in [6, 6.07) is 3.82. The number of nitrogens with one attached hydrogen (secondary N) is 1. The Morgan fingerprint density at radius 2 is 1.68 bits per heavy atom. The first-order valence-corrected chi connectivity index (χ1v) is 7.21. The number of rotatable bonds is 8. The second-order valence-corrected chi connectivity index (χ2v) is 5.10. The van der Waals surface area contributed by atoms with E-state index in [-0.39, 0.29) is 11.9 Å². The molecule has 1 aromatic carbocycles. The highest BCUT2D eigenvalue weighted by Gasteiger charge is 2.20. The van der Waals surface area contributed by atoms with Gasteiger partial charge in [-0.2, -0.15) is 0 Å². The number of likely N-dealkylation sites (N-methyl/N-ethyl adjacent to an activating group) is 1. The molecule has 0 aliphatic rings. The highest BCUT2D eigenvalue weighted by atomic mass is 16.5. The van der Waals surface area contributed by atoms with E-state index < -0.39 is 0 Å². The summed E-state index contributed by atoms with van der Waals surface area (Å²) in [6.45, 7) is 2.34. The van der Waals surface area contributed by atoms with Crippen LogP contribution in [0.4, 0.5) is 0 Å². The van der Waals surface area contributed by atoms with E-state index in [0.29, 0.717) is 30.2 Å². The molecule has 0 bridgehead atoms. The molecule has 1 aromatic rings. The minimum absolute atomic E-state index is 0.00389. The zero-order valence-electron chi connectivity index (χ0n) is 14.2. The van der Waals surface area contributed by atoms with E-state index >= 15 is 0 Å². The molecule has 1 unspecified atom stereocenters. The van der Waals surface area contributed by atoms with Crippen molar-refractivity contribution in [1.29, 1.82) is 0 Å². The highest BCUT2D eigenvalue weighted by Crippen LogP contribution is 2.40. The molecule has 0 heterocycles. The van der Waals surface area contributed by atoms with Crippen molar-refractivity contribution in [2.45, 2.75) is 19.4 Å². The maximum Gasteiger partial charge on any atom is 0.219 e. The molecule has 1 N–H and O–H groups in total. The molecule has 0 saturated carbocycles. The third kappa shape index (κ3) is 4.27. The lowest BCUT2D eigenvalue weighted by atomic mass is 10.0. The summed E-state index contributed by atoms with van der Waals surface area (Å²) >= 11 is 0. The normalized spacial score (nSPS) is 12.0. The lowest BCUT2D eigenvalue weighted by Gasteiger charge is -2.26.